The zero-order chi connectivity index (χ0) is 11.9. The molecule has 1 saturated heterocycles. The molecule has 1 aliphatic heterocycles. The van der Waals surface area contributed by atoms with Crippen LogP contribution in [0.4, 0.5) is 0 Å². The Hall–Kier alpha value is -1.02. The Morgan fingerprint density at radius 1 is 1.29 bits per heavy atom. The number of ether oxygens (including phenoxy) is 1. The Morgan fingerprint density at radius 2 is 2.12 bits per heavy atom. The van der Waals surface area contributed by atoms with Crippen LogP contribution in [0.1, 0.15) is 38.2 Å². The summed E-state index contributed by atoms with van der Waals surface area (Å²) in [5, 5.41) is 3.44. The Morgan fingerprint density at radius 3 is 2.76 bits per heavy atom. The van der Waals surface area contributed by atoms with Crippen molar-refractivity contribution in [1.29, 1.82) is 0 Å². The number of unbranched alkanes of at least 4 members (excludes halogenated alkanes) is 1. The molecule has 1 aromatic rings. The number of nitrogens with one attached hydrogen (secondary N) is 1. The van der Waals surface area contributed by atoms with Gasteiger partial charge in [0, 0.05) is 6.04 Å². The minimum absolute atomic E-state index is 0.551. The first-order chi connectivity index (χ1) is 8.38. The molecule has 94 valence electrons. The van der Waals surface area contributed by atoms with Gasteiger partial charge in [-0.25, -0.2) is 0 Å². The summed E-state index contributed by atoms with van der Waals surface area (Å²) in [6, 6.07) is 9.12. The molecule has 0 amide bonds. The van der Waals surface area contributed by atoms with E-state index in [2.05, 4.69) is 36.5 Å². The molecule has 0 radical (unpaired) electrons. The van der Waals surface area contributed by atoms with Gasteiger partial charge in [-0.2, -0.15) is 0 Å². The summed E-state index contributed by atoms with van der Waals surface area (Å²) >= 11 is 0. The van der Waals surface area contributed by atoms with Gasteiger partial charge in [0.25, 0.3) is 0 Å². The summed E-state index contributed by atoms with van der Waals surface area (Å²) in [5.74, 6) is 0.999. The minimum atomic E-state index is 0.551. The van der Waals surface area contributed by atoms with E-state index in [-0.39, 0.29) is 0 Å². The van der Waals surface area contributed by atoms with Gasteiger partial charge >= 0.3 is 0 Å². The maximum absolute atomic E-state index is 5.79. The first kappa shape index (κ1) is 12.4. The van der Waals surface area contributed by atoms with Crippen LogP contribution in [-0.2, 0) is 6.42 Å². The lowest BCUT2D eigenvalue weighted by atomic mass is 10.1. The molecule has 1 N–H and O–H groups in total. The van der Waals surface area contributed by atoms with Gasteiger partial charge in [-0.15, -0.1) is 0 Å². The molecule has 0 aliphatic carbocycles. The van der Waals surface area contributed by atoms with Crippen LogP contribution >= 0.6 is 0 Å². The Bertz CT molecular complexity index is 314. The van der Waals surface area contributed by atoms with Gasteiger partial charge in [-0.05, 0) is 49.9 Å². The summed E-state index contributed by atoms with van der Waals surface area (Å²) in [6.07, 6.45) is 6.23. The largest absolute Gasteiger partial charge is 0.492 e. The Kier molecular flexibility index (Phi) is 4.87. The number of hydrogen-bond donors (Lipinski definition) is 1. The van der Waals surface area contributed by atoms with Crippen LogP contribution in [0.25, 0.3) is 0 Å². The van der Waals surface area contributed by atoms with E-state index in [1.165, 1.54) is 37.7 Å². The molecular formula is C15H23NO. The van der Waals surface area contributed by atoms with E-state index in [0.29, 0.717) is 6.04 Å². The molecule has 1 fully saturated rings. The summed E-state index contributed by atoms with van der Waals surface area (Å²) in [4.78, 5) is 0. The van der Waals surface area contributed by atoms with Crippen molar-refractivity contribution in [3.8, 4) is 5.75 Å². The molecular weight excluding hydrogens is 210 g/mol. The van der Waals surface area contributed by atoms with Crippen LogP contribution in [0.2, 0.25) is 0 Å². The first-order valence-corrected chi connectivity index (χ1v) is 6.83. The highest BCUT2D eigenvalue weighted by molar-refractivity contribution is 5.27. The fraction of sp³-hybridized carbons (Fsp3) is 0.600. The van der Waals surface area contributed by atoms with Crippen LogP contribution in [0.3, 0.4) is 0 Å². The van der Waals surface area contributed by atoms with Gasteiger partial charge in [0.1, 0.15) is 12.4 Å². The van der Waals surface area contributed by atoms with Crippen molar-refractivity contribution in [2.75, 3.05) is 13.2 Å². The maximum Gasteiger partial charge on any atom is 0.119 e. The van der Waals surface area contributed by atoms with Crippen LogP contribution in [0.5, 0.6) is 5.75 Å². The van der Waals surface area contributed by atoms with Crippen molar-refractivity contribution in [2.24, 2.45) is 0 Å². The van der Waals surface area contributed by atoms with Crippen molar-refractivity contribution in [2.45, 2.75) is 45.1 Å². The molecule has 1 atom stereocenters. The smallest absolute Gasteiger partial charge is 0.119 e. The molecule has 0 bridgehead atoms. The van der Waals surface area contributed by atoms with E-state index in [0.717, 1.165) is 18.9 Å². The van der Waals surface area contributed by atoms with Gasteiger partial charge in [0.05, 0.1) is 0 Å². The SMILES string of the molecule is CCCCc1ccc(OC[C@H]2CCCN2)cc1. The maximum atomic E-state index is 5.79. The van der Waals surface area contributed by atoms with Gasteiger partial charge in [-0.3, -0.25) is 0 Å². The van der Waals surface area contributed by atoms with Crippen molar-refractivity contribution in [3.05, 3.63) is 29.8 Å². The van der Waals surface area contributed by atoms with Crippen molar-refractivity contribution in [3.63, 3.8) is 0 Å². The lowest BCUT2D eigenvalue weighted by molar-refractivity contribution is 0.277. The van der Waals surface area contributed by atoms with E-state index in [9.17, 15) is 0 Å². The number of rotatable bonds is 6. The van der Waals surface area contributed by atoms with Crippen molar-refractivity contribution < 1.29 is 4.74 Å². The fourth-order valence-corrected chi connectivity index (χ4v) is 2.23. The molecule has 0 spiro atoms. The van der Waals surface area contributed by atoms with Gasteiger partial charge in [0.2, 0.25) is 0 Å². The zero-order valence-corrected chi connectivity index (χ0v) is 10.7. The number of aryl methyl sites for hydroxylation is 1. The zero-order valence-electron chi connectivity index (χ0n) is 10.7. The molecule has 2 nitrogen and oxygen atoms in total. The fourth-order valence-electron chi connectivity index (χ4n) is 2.23. The normalized spacial score (nSPS) is 19.5. The second-order valence-corrected chi connectivity index (χ2v) is 4.85. The highest BCUT2D eigenvalue weighted by Crippen LogP contribution is 2.15. The van der Waals surface area contributed by atoms with E-state index in [4.69, 9.17) is 4.74 Å². The molecule has 2 rings (SSSR count). The van der Waals surface area contributed by atoms with Crippen molar-refractivity contribution in [1.82, 2.24) is 5.32 Å². The van der Waals surface area contributed by atoms with Crippen molar-refractivity contribution >= 4 is 0 Å². The summed E-state index contributed by atoms with van der Waals surface area (Å²) in [5.41, 5.74) is 1.41. The molecule has 0 aromatic heterocycles. The molecule has 2 heteroatoms. The summed E-state index contributed by atoms with van der Waals surface area (Å²) in [7, 11) is 0. The second-order valence-electron chi connectivity index (χ2n) is 4.85. The van der Waals surface area contributed by atoms with E-state index < -0.39 is 0 Å². The van der Waals surface area contributed by atoms with Gasteiger partial charge < -0.3 is 10.1 Å². The number of hydrogen-bond acceptors (Lipinski definition) is 2. The third kappa shape index (κ3) is 4.04. The topological polar surface area (TPSA) is 21.3 Å². The predicted octanol–water partition coefficient (Wildman–Crippen LogP) is 3.16. The lowest BCUT2D eigenvalue weighted by Crippen LogP contribution is -2.28. The molecule has 1 aliphatic rings. The van der Waals surface area contributed by atoms with E-state index in [1.807, 2.05) is 0 Å². The van der Waals surface area contributed by atoms with Crippen LogP contribution < -0.4 is 10.1 Å². The molecule has 1 heterocycles. The first-order valence-electron chi connectivity index (χ1n) is 6.83. The Balaban J connectivity index is 1.76. The third-order valence-corrected chi connectivity index (χ3v) is 3.36. The van der Waals surface area contributed by atoms with Crippen LogP contribution in [0, 0.1) is 0 Å². The van der Waals surface area contributed by atoms with Gasteiger partial charge in [-0.1, -0.05) is 25.5 Å². The molecule has 1 aromatic carbocycles. The minimum Gasteiger partial charge on any atom is -0.492 e. The van der Waals surface area contributed by atoms with Gasteiger partial charge in [0.15, 0.2) is 0 Å². The highest BCUT2D eigenvalue weighted by Gasteiger charge is 2.14. The van der Waals surface area contributed by atoms with Crippen LogP contribution in [0.15, 0.2) is 24.3 Å². The van der Waals surface area contributed by atoms with E-state index in [1.54, 1.807) is 0 Å². The third-order valence-electron chi connectivity index (χ3n) is 3.36. The molecule has 17 heavy (non-hydrogen) atoms. The standard InChI is InChI=1S/C15H23NO/c1-2-3-5-13-7-9-15(10-8-13)17-12-14-6-4-11-16-14/h7-10,14,16H,2-6,11-12H2,1H3/t14-/m1/s1. The van der Waals surface area contributed by atoms with E-state index >= 15 is 0 Å². The Labute approximate surface area is 104 Å². The predicted molar refractivity (Wildman–Crippen MR) is 71.6 cm³/mol. The second kappa shape index (κ2) is 6.65. The average Bonchev–Trinajstić information content (AvgIpc) is 2.88. The molecule has 0 unspecified atom stereocenters. The summed E-state index contributed by atoms with van der Waals surface area (Å²) in [6.45, 7) is 4.17. The quantitative estimate of drug-likeness (QED) is 0.815. The number of benzene rings is 1. The van der Waals surface area contributed by atoms with Crippen LogP contribution in [-0.4, -0.2) is 19.2 Å². The highest BCUT2D eigenvalue weighted by atomic mass is 16.5. The monoisotopic (exact) mass is 233 g/mol. The lowest BCUT2D eigenvalue weighted by Gasteiger charge is -2.12. The molecule has 0 saturated carbocycles. The summed E-state index contributed by atoms with van der Waals surface area (Å²) < 4.78 is 5.79. The average molecular weight is 233 g/mol.